The molecule has 1 saturated heterocycles. The number of fused-ring (bicyclic) bond motifs is 1. The van der Waals surface area contributed by atoms with Gasteiger partial charge in [0.1, 0.15) is 5.75 Å². The molecule has 1 aliphatic heterocycles. The summed E-state index contributed by atoms with van der Waals surface area (Å²) in [5, 5.41) is 0.480. The zero-order valence-corrected chi connectivity index (χ0v) is 13.1. The monoisotopic (exact) mass is 362 g/mol. The molecule has 0 N–H and O–H groups in total. The topological polar surface area (TPSA) is 68.7 Å². The minimum Gasteiger partial charge on any atom is -0.378 e. The summed E-state index contributed by atoms with van der Waals surface area (Å²) in [7, 11) is -5.70. The van der Waals surface area contributed by atoms with Gasteiger partial charge in [0.2, 0.25) is 0 Å². The quantitative estimate of drug-likeness (QED) is 0.617. The third kappa shape index (κ3) is 3.39. The van der Waals surface area contributed by atoms with Crippen LogP contribution >= 0.6 is 0 Å². The maximum Gasteiger partial charge on any atom is 0.534 e. The van der Waals surface area contributed by atoms with Crippen molar-refractivity contribution in [2.45, 2.75) is 5.51 Å². The first kappa shape index (κ1) is 16.8. The maximum atomic E-state index is 12.4. The summed E-state index contributed by atoms with van der Waals surface area (Å²) in [5.41, 5.74) is -4.18. The normalized spacial score (nSPS) is 16.4. The first-order chi connectivity index (χ1) is 11.3. The van der Waals surface area contributed by atoms with Crippen LogP contribution in [0.5, 0.6) is 5.75 Å². The number of hydrogen-bond donors (Lipinski definition) is 0. The van der Waals surface area contributed by atoms with Crippen molar-refractivity contribution in [2.75, 3.05) is 31.2 Å². The lowest BCUT2D eigenvalue weighted by molar-refractivity contribution is -0.0500. The molecule has 0 atom stereocenters. The number of ether oxygens (including phenoxy) is 1. The molecule has 2 aromatic rings. The summed E-state index contributed by atoms with van der Waals surface area (Å²) in [5.74, 6) is -0.416. The molecule has 10 heteroatoms. The van der Waals surface area contributed by atoms with Gasteiger partial charge in [-0.2, -0.15) is 21.6 Å². The lowest BCUT2D eigenvalue weighted by atomic mass is 10.2. The number of benzene rings is 1. The molecular weight excluding hydrogens is 349 g/mol. The van der Waals surface area contributed by atoms with Crippen LogP contribution in [0.3, 0.4) is 0 Å². The molecule has 0 saturated carbocycles. The zero-order chi connectivity index (χ0) is 17.4. The van der Waals surface area contributed by atoms with E-state index in [2.05, 4.69) is 9.17 Å². The van der Waals surface area contributed by atoms with E-state index in [0.717, 1.165) is 11.8 Å². The van der Waals surface area contributed by atoms with Gasteiger partial charge in [-0.15, -0.1) is 0 Å². The average molecular weight is 362 g/mol. The lowest BCUT2D eigenvalue weighted by Crippen LogP contribution is -2.36. The Bertz CT molecular complexity index is 849. The highest BCUT2D eigenvalue weighted by atomic mass is 32.2. The Balaban J connectivity index is 1.92. The standard InChI is InChI=1S/C14H13F3N2O4S/c15-14(16,17)24(20,21)23-12-1-2-13-10(8-12)7-11(9-18-13)19-3-5-22-6-4-19/h1-2,7-9H,3-6H2. The molecule has 3 rings (SSSR count). The highest BCUT2D eigenvalue weighted by molar-refractivity contribution is 7.88. The van der Waals surface area contributed by atoms with Gasteiger partial charge < -0.3 is 13.8 Å². The zero-order valence-electron chi connectivity index (χ0n) is 12.3. The number of hydrogen-bond acceptors (Lipinski definition) is 6. The molecule has 2 heterocycles. The van der Waals surface area contributed by atoms with Crippen molar-refractivity contribution in [3.05, 3.63) is 30.5 Å². The van der Waals surface area contributed by atoms with Crippen LogP contribution in [0.15, 0.2) is 30.5 Å². The molecule has 0 bridgehead atoms. The second kappa shape index (κ2) is 6.10. The minimum atomic E-state index is -5.70. The first-order valence-corrected chi connectivity index (χ1v) is 8.40. The number of anilines is 1. The van der Waals surface area contributed by atoms with Crippen LogP contribution < -0.4 is 9.08 Å². The number of aromatic nitrogens is 1. The van der Waals surface area contributed by atoms with Crippen molar-refractivity contribution in [3.63, 3.8) is 0 Å². The van der Waals surface area contributed by atoms with E-state index < -0.39 is 21.4 Å². The molecule has 0 unspecified atom stereocenters. The fraction of sp³-hybridized carbons (Fsp3) is 0.357. The minimum absolute atomic E-state index is 0.416. The first-order valence-electron chi connectivity index (χ1n) is 6.99. The van der Waals surface area contributed by atoms with E-state index in [4.69, 9.17) is 4.74 Å². The van der Waals surface area contributed by atoms with Crippen LogP contribution in [0.1, 0.15) is 0 Å². The summed E-state index contributed by atoms with van der Waals surface area (Å²) in [6.07, 6.45) is 1.65. The van der Waals surface area contributed by atoms with Crippen molar-refractivity contribution in [2.24, 2.45) is 0 Å². The van der Waals surface area contributed by atoms with E-state index >= 15 is 0 Å². The Morgan fingerprint density at radius 1 is 1.17 bits per heavy atom. The third-order valence-corrected chi connectivity index (χ3v) is 4.48. The summed E-state index contributed by atoms with van der Waals surface area (Å²) < 4.78 is 68.8. The highest BCUT2D eigenvalue weighted by Gasteiger charge is 2.48. The van der Waals surface area contributed by atoms with Crippen molar-refractivity contribution >= 4 is 26.7 Å². The van der Waals surface area contributed by atoms with Gasteiger partial charge in [0.05, 0.1) is 30.6 Å². The van der Waals surface area contributed by atoms with Crippen molar-refractivity contribution in [3.8, 4) is 5.75 Å². The molecule has 0 aliphatic carbocycles. The number of halogens is 3. The maximum absolute atomic E-state index is 12.4. The van der Waals surface area contributed by atoms with Crippen LogP contribution in [0.25, 0.3) is 10.9 Å². The Hall–Kier alpha value is -2.07. The van der Waals surface area contributed by atoms with Crippen LogP contribution in [-0.2, 0) is 14.9 Å². The van der Waals surface area contributed by atoms with Crippen molar-refractivity contribution < 1.29 is 30.5 Å². The molecule has 1 aromatic carbocycles. The van der Waals surface area contributed by atoms with E-state index in [9.17, 15) is 21.6 Å². The van der Waals surface area contributed by atoms with Gasteiger partial charge in [-0.05, 0) is 24.3 Å². The summed E-state index contributed by atoms with van der Waals surface area (Å²) in [6.45, 7) is 2.49. The summed E-state index contributed by atoms with van der Waals surface area (Å²) in [4.78, 5) is 6.26. The van der Waals surface area contributed by atoms with E-state index in [1.54, 1.807) is 12.3 Å². The molecule has 0 spiro atoms. The Morgan fingerprint density at radius 2 is 1.88 bits per heavy atom. The van der Waals surface area contributed by atoms with Crippen molar-refractivity contribution in [1.29, 1.82) is 0 Å². The van der Waals surface area contributed by atoms with Crippen LogP contribution in [0.4, 0.5) is 18.9 Å². The predicted octanol–water partition coefficient (Wildman–Crippen LogP) is 2.30. The Morgan fingerprint density at radius 3 is 2.54 bits per heavy atom. The van der Waals surface area contributed by atoms with E-state index in [1.165, 1.54) is 12.1 Å². The number of nitrogens with zero attached hydrogens (tertiary/aromatic N) is 2. The Kier molecular flexibility index (Phi) is 4.26. The van der Waals surface area contributed by atoms with Crippen LogP contribution in [-0.4, -0.2) is 45.2 Å². The molecule has 1 aromatic heterocycles. The van der Waals surface area contributed by atoms with Crippen molar-refractivity contribution in [1.82, 2.24) is 4.98 Å². The van der Waals surface area contributed by atoms with Gasteiger partial charge >= 0.3 is 15.6 Å². The predicted molar refractivity (Wildman–Crippen MR) is 80.4 cm³/mol. The largest absolute Gasteiger partial charge is 0.534 e. The lowest BCUT2D eigenvalue weighted by Gasteiger charge is -2.28. The second-order valence-electron chi connectivity index (χ2n) is 5.13. The number of alkyl halides is 3. The van der Waals surface area contributed by atoms with Gasteiger partial charge in [-0.3, -0.25) is 4.98 Å². The molecule has 1 fully saturated rings. The molecule has 0 amide bonds. The fourth-order valence-corrected chi connectivity index (χ4v) is 2.77. The van der Waals surface area contributed by atoms with Gasteiger partial charge in [0, 0.05) is 18.5 Å². The summed E-state index contributed by atoms with van der Waals surface area (Å²) >= 11 is 0. The Labute approximate surface area is 135 Å². The molecular formula is C14H13F3N2O4S. The smallest absolute Gasteiger partial charge is 0.378 e. The second-order valence-corrected chi connectivity index (χ2v) is 6.67. The van der Waals surface area contributed by atoms with Gasteiger partial charge in [0.25, 0.3) is 0 Å². The van der Waals surface area contributed by atoms with E-state index in [1.807, 2.05) is 4.90 Å². The SMILES string of the molecule is O=S(=O)(Oc1ccc2ncc(N3CCOCC3)cc2c1)C(F)(F)F. The van der Waals surface area contributed by atoms with Crippen LogP contribution in [0, 0.1) is 0 Å². The molecule has 24 heavy (non-hydrogen) atoms. The van der Waals surface area contributed by atoms with Crippen LogP contribution in [0.2, 0.25) is 0 Å². The fourth-order valence-electron chi connectivity index (χ4n) is 2.32. The van der Waals surface area contributed by atoms with E-state index in [-0.39, 0.29) is 0 Å². The van der Waals surface area contributed by atoms with Gasteiger partial charge in [-0.1, -0.05) is 0 Å². The number of rotatable bonds is 3. The third-order valence-electron chi connectivity index (χ3n) is 3.50. The highest BCUT2D eigenvalue weighted by Crippen LogP contribution is 2.29. The van der Waals surface area contributed by atoms with E-state index in [0.29, 0.717) is 37.2 Å². The molecule has 0 radical (unpaired) electrons. The van der Waals surface area contributed by atoms with Gasteiger partial charge in [-0.25, -0.2) is 0 Å². The number of morpholine rings is 1. The van der Waals surface area contributed by atoms with Gasteiger partial charge in [0.15, 0.2) is 0 Å². The average Bonchev–Trinajstić information content (AvgIpc) is 2.53. The molecule has 1 aliphatic rings. The molecule has 130 valence electrons. The molecule has 6 nitrogen and oxygen atoms in total. The number of pyridine rings is 1. The summed E-state index contributed by atoms with van der Waals surface area (Å²) in [6, 6.07) is 5.48.